The van der Waals surface area contributed by atoms with Crippen LogP contribution in [0.2, 0.25) is 5.02 Å². The average Bonchev–Trinajstić information content (AvgIpc) is 3.16. The number of amides is 1. The topological polar surface area (TPSA) is 77.6 Å². The SMILES string of the molecule is COc1cc2c(cc1-c1c(C)noc1C)cc(C(=O)N1CCC1)c(=O)n2CC(C)c1ccc(Cl)cc1. The first-order chi connectivity index (χ1) is 17.3. The molecule has 0 aliphatic carbocycles. The number of pyridine rings is 1. The number of halogens is 1. The number of ether oxygens (including phenoxy) is 1. The van der Waals surface area contributed by atoms with Crippen LogP contribution in [0.15, 0.2) is 51.8 Å². The molecule has 3 heterocycles. The van der Waals surface area contributed by atoms with Gasteiger partial charge >= 0.3 is 0 Å². The highest BCUT2D eigenvalue weighted by atomic mass is 35.5. The van der Waals surface area contributed by atoms with Crippen LogP contribution < -0.4 is 10.3 Å². The van der Waals surface area contributed by atoms with E-state index in [9.17, 15) is 9.59 Å². The molecule has 0 saturated carbocycles. The lowest BCUT2D eigenvalue weighted by Gasteiger charge is -2.31. The van der Waals surface area contributed by atoms with E-state index in [4.69, 9.17) is 20.9 Å². The van der Waals surface area contributed by atoms with E-state index in [1.807, 2.05) is 50.2 Å². The number of carbonyl (C=O) groups excluding carboxylic acids is 1. The number of methoxy groups -OCH3 is 1. The van der Waals surface area contributed by atoms with Crippen molar-refractivity contribution in [2.45, 2.75) is 39.7 Å². The molecule has 0 bridgehead atoms. The molecule has 2 aromatic heterocycles. The molecule has 0 spiro atoms. The molecule has 1 atom stereocenters. The normalized spacial score (nSPS) is 14.1. The molecular formula is C28H28ClN3O4. The fraction of sp³-hybridized carbons (Fsp3) is 0.321. The smallest absolute Gasteiger partial charge is 0.263 e. The molecule has 0 N–H and O–H groups in total. The minimum atomic E-state index is -0.299. The molecule has 1 aliphatic rings. The Labute approximate surface area is 214 Å². The molecule has 7 nitrogen and oxygen atoms in total. The Balaban J connectivity index is 1.72. The lowest BCUT2D eigenvalue weighted by atomic mass is 9.98. The number of nitrogens with zero attached hydrogens (tertiary/aromatic N) is 3. The molecule has 2 aromatic carbocycles. The summed E-state index contributed by atoms with van der Waals surface area (Å²) in [6.45, 7) is 7.52. The summed E-state index contributed by atoms with van der Waals surface area (Å²) in [5, 5.41) is 5.53. The predicted octanol–water partition coefficient (Wildman–Crippen LogP) is 5.58. The maximum absolute atomic E-state index is 13.7. The van der Waals surface area contributed by atoms with E-state index < -0.39 is 0 Å². The third-order valence-corrected chi connectivity index (χ3v) is 7.24. The van der Waals surface area contributed by atoms with E-state index in [1.54, 1.807) is 22.6 Å². The van der Waals surface area contributed by atoms with Crippen molar-refractivity contribution in [3.05, 3.63) is 80.4 Å². The fourth-order valence-electron chi connectivity index (χ4n) is 4.83. The van der Waals surface area contributed by atoms with Crippen LogP contribution in [0.25, 0.3) is 22.0 Å². The van der Waals surface area contributed by atoms with Crippen molar-refractivity contribution in [1.82, 2.24) is 14.6 Å². The zero-order valence-corrected chi connectivity index (χ0v) is 21.6. The third kappa shape index (κ3) is 4.17. The van der Waals surface area contributed by atoms with Crippen molar-refractivity contribution in [2.24, 2.45) is 0 Å². The van der Waals surface area contributed by atoms with Crippen LogP contribution in [0.3, 0.4) is 0 Å². The second-order valence-corrected chi connectivity index (χ2v) is 9.82. The largest absolute Gasteiger partial charge is 0.496 e. The van der Waals surface area contributed by atoms with Gasteiger partial charge in [0.1, 0.15) is 17.1 Å². The van der Waals surface area contributed by atoms with Crippen molar-refractivity contribution in [1.29, 1.82) is 0 Å². The fourth-order valence-corrected chi connectivity index (χ4v) is 4.96. The van der Waals surface area contributed by atoms with Crippen molar-refractivity contribution < 1.29 is 14.1 Å². The lowest BCUT2D eigenvalue weighted by molar-refractivity contribution is 0.0649. The maximum atomic E-state index is 13.7. The highest BCUT2D eigenvalue weighted by Crippen LogP contribution is 2.38. The van der Waals surface area contributed by atoms with Crippen LogP contribution in [0.5, 0.6) is 5.75 Å². The molecule has 1 aliphatic heterocycles. The number of likely N-dealkylation sites (tertiary alicyclic amines) is 1. The minimum Gasteiger partial charge on any atom is -0.496 e. The highest BCUT2D eigenvalue weighted by Gasteiger charge is 2.27. The molecule has 5 rings (SSSR count). The van der Waals surface area contributed by atoms with Gasteiger partial charge in [0.25, 0.3) is 11.5 Å². The second kappa shape index (κ2) is 9.47. The van der Waals surface area contributed by atoms with Gasteiger partial charge in [-0.3, -0.25) is 9.59 Å². The zero-order valence-electron chi connectivity index (χ0n) is 20.8. The van der Waals surface area contributed by atoms with Gasteiger partial charge in [-0.25, -0.2) is 0 Å². The molecular weight excluding hydrogens is 478 g/mol. The zero-order chi connectivity index (χ0) is 25.6. The third-order valence-electron chi connectivity index (χ3n) is 6.99. The van der Waals surface area contributed by atoms with Gasteiger partial charge in [-0.05, 0) is 56.0 Å². The van der Waals surface area contributed by atoms with E-state index in [2.05, 4.69) is 12.1 Å². The number of aryl methyl sites for hydroxylation is 2. The molecule has 8 heteroatoms. The van der Waals surface area contributed by atoms with E-state index in [1.165, 1.54) is 0 Å². The Bertz CT molecular complexity index is 1500. The highest BCUT2D eigenvalue weighted by molar-refractivity contribution is 6.30. The van der Waals surface area contributed by atoms with Gasteiger partial charge in [0.2, 0.25) is 0 Å². The van der Waals surface area contributed by atoms with Gasteiger partial charge < -0.3 is 18.7 Å². The maximum Gasteiger partial charge on any atom is 0.263 e. The Morgan fingerprint density at radius 3 is 2.47 bits per heavy atom. The standard InChI is InChI=1S/C28H28ClN3O4/c1-16(19-6-8-21(29)9-7-19)15-32-24-14-25(35-4)22(26-17(2)30-36-18(26)3)12-20(24)13-23(28(32)34)27(33)31-10-5-11-31/h6-9,12-14,16H,5,10-11,15H2,1-4H3. The van der Waals surface area contributed by atoms with Gasteiger partial charge in [-0.1, -0.05) is 35.8 Å². The average molecular weight is 506 g/mol. The van der Waals surface area contributed by atoms with Crippen LogP contribution >= 0.6 is 11.6 Å². The summed E-state index contributed by atoms with van der Waals surface area (Å²) >= 11 is 6.07. The molecule has 186 valence electrons. The molecule has 1 fully saturated rings. The monoisotopic (exact) mass is 505 g/mol. The Morgan fingerprint density at radius 1 is 1.17 bits per heavy atom. The van der Waals surface area contributed by atoms with Crippen molar-refractivity contribution in [3.8, 4) is 16.9 Å². The number of fused-ring (bicyclic) bond motifs is 1. The first-order valence-electron chi connectivity index (χ1n) is 12.0. The summed E-state index contributed by atoms with van der Waals surface area (Å²) in [5.74, 6) is 1.05. The first-order valence-corrected chi connectivity index (χ1v) is 12.4. The van der Waals surface area contributed by atoms with Gasteiger partial charge in [-0.2, -0.15) is 0 Å². The van der Waals surface area contributed by atoms with Gasteiger partial charge in [0, 0.05) is 41.7 Å². The van der Waals surface area contributed by atoms with E-state index in [0.29, 0.717) is 41.7 Å². The summed E-state index contributed by atoms with van der Waals surface area (Å²) < 4.78 is 12.8. The number of hydrogen-bond donors (Lipinski definition) is 0. The van der Waals surface area contributed by atoms with Crippen LogP contribution in [0.1, 0.15) is 46.6 Å². The number of benzene rings is 2. The number of aromatic nitrogens is 2. The minimum absolute atomic E-state index is 0.00533. The molecule has 1 amide bonds. The number of rotatable bonds is 6. The summed E-state index contributed by atoms with van der Waals surface area (Å²) in [7, 11) is 1.60. The van der Waals surface area contributed by atoms with Gasteiger partial charge in [0.05, 0.1) is 23.9 Å². The van der Waals surface area contributed by atoms with Gasteiger partial charge in [0.15, 0.2) is 0 Å². The van der Waals surface area contributed by atoms with E-state index in [-0.39, 0.29) is 22.9 Å². The summed E-state index contributed by atoms with van der Waals surface area (Å²) in [4.78, 5) is 28.7. The second-order valence-electron chi connectivity index (χ2n) is 9.38. The first kappa shape index (κ1) is 24.1. The lowest BCUT2D eigenvalue weighted by Crippen LogP contribution is -2.44. The number of carbonyl (C=O) groups is 1. The van der Waals surface area contributed by atoms with Crippen LogP contribution in [-0.4, -0.2) is 40.7 Å². The molecule has 1 saturated heterocycles. The van der Waals surface area contributed by atoms with Gasteiger partial charge in [-0.15, -0.1) is 0 Å². The predicted molar refractivity (Wildman–Crippen MR) is 140 cm³/mol. The van der Waals surface area contributed by atoms with Crippen molar-refractivity contribution in [3.63, 3.8) is 0 Å². The quantitative estimate of drug-likeness (QED) is 0.341. The van der Waals surface area contributed by atoms with Crippen LogP contribution in [0, 0.1) is 13.8 Å². The van der Waals surface area contributed by atoms with E-state index in [0.717, 1.165) is 34.2 Å². The molecule has 0 radical (unpaired) electrons. The van der Waals surface area contributed by atoms with E-state index >= 15 is 0 Å². The summed E-state index contributed by atoms with van der Waals surface area (Å²) in [6.07, 6.45) is 0.953. The van der Waals surface area contributed by atoms with Crippen molar-refractivity contribution in [2.75, 3.05) is 20.2 Å². The summed E-state index contributed by atoms with van der Waals surface area (Å²) in [6, 6.07) is 13.1. The Kier molecular flexibility index (Phi) is 6.35. The van der Waals surface area contributed by atoms with Crippen LogP contribution in [0.4, 0.5) is 0 Å². The molecule has 1 unspecified atom stereocenters. The Morgan fingerprint density at radius 2 is 1.89 bits per heavy atom. The summed E-state index contributed by atoms with van der Waals surface area (Å²) in [5.41, 5.74) is 4.03. The molecule has 36 heavy (non-hydrogen) atoms. The molecule has 4 aromatic rings. The number of hydrogen-bond acceptors (Lipinski definition) is 5. The van der Waals surface area contributed by atoms with Crippen molar-refractivity contribution >= 4 is 28.4 Å². The Hall–Kier alpha value is -3.58. The van der Waals surface area contributed by atoms with Crippen LogP contribution in [-0.2, 0) is 6.54 Å².